The molecule has 3 aromatic rings. The van der Waals surface area contributed by atoms with Gasteiger partial charge in [0.1, 0.15) is 23.5 Å². The molecule has 0 amide bonds. The van der Waals surface area contributed by atoms with Gasteiger partial charge in [-0.2, -0.15) is 4.98 Å². The van der Waals surface area contributed by atoms with Crippen LogP contribution in [0.2, 0.25) is 5.02 Å². The van der Waals surface area contributed by atoms with Crippen LogP contribution >= 0.6 is 11.6 Å². The number of aromatic nitrogens is 3. The second-order valence-electron chi connectivity index (χ2n) is 7.19. The Labute approximate surface area is 179 Å². The van der Waals surface area contributed by atoms with Crippen LogP contribution in [-0.4, -0.2) is 50.8 Å². The van der Waals surface area contributed by atoms with Crippen LogP contribution in [-0.2, 0) is 0 Å². The van der Waals surface area contributed by atoms with Crippen LogP contribution in [0.3, 0.4) is 0 Å². The Bertz CT molecular complexity index is 999. The van der Waals surface area contributed by atoms with E-state index in [0.29, 0.717) is 28.0 Å². The number of hydrogen-bond acceptors (Lipinski definition) is 8. The number of halogens is 1. The molecule has 0 aliphatic heterocycles. The van der Waals surface area contributed by atoms with Crippen molar-refractivity contribution in [1.82, 2.24) is 15.1 Å². The van der Waals surface area contributed by atoms with Gasteiger partial charge in [0.25, 0.3) is 5.89 Å². The van der Waals surface area contributed by atoms with Crippen LogP contribution in [0.1, 0.15) is 25.0 Å². The van der Waals surface area contributed by atoms with Gasteiger partial charge < -0.3 is 24.2 Å². The van der Waals surface area contributed by atoms with Crippen LogP contribution in [0.4, 0.5) is 0 Å². The monoisotopic (exact) mass is 433 g/mol. The first-order valence-electron chi connectivity index (χ1n) is 9.48. The second kappa shape index (κ2) is 9.42. The zero-order chi connectivity index (χ0) is 21.8. The number of aryl methyl sites for hydroxylation is 2. The van der Waals surface area contributed by atoms with Gasteiger partial charge >= 0.3 is 0 Å². The molecule has 160 valence electrons. The minimum atomic E-state index is -0.930. The fraction of sp³-hybridized carbons (Fsp3) is 0.381. The zero-order valence-electron chi connectivity index (χ0n) is 17.2. The Morgan fingerprint density at radius 1 is 1.13 bits per heavy atom. The summed E-state index contributed by atoms with van der Waals surface area (Å²) < 4.78 is 16.6. The molecule has 2 N–H and O–H groups in total. The van der Waals surface area contributed by atoms with E-state index >= 15 is 0 Å². The summed E-state index contributed by atoms with van der Waals surface area (Å²) >= 11 is 6.24. The third-order valence-corrected chi connectivity index (χ3v) is 4.45. The van der Waals surface area contributed by atoms with Crippen LogP contribution in [0.25, 0.3) is 22.8 Å². The standard InChI is InChI=1S/C21H24ClN3O5/c1-11(2)29-21-17(22)7-15(8-23-21)20-24-19(25-30-20)14-5-12(3)18(13(4)6-14)28-10-16(27)9-26/h5-8,11,16,26-27H,9-10H2,1-4H3/t16-/m1/s1. The summed E-state index contributed by atoms with van der Waals surface area (Å²) in [6.07, 6.45) is 0.600. The van der Waals surface area contributed by atoms with Gasteiger partial charge in [0, 0.05) is 11.8 Å². The van der Waals surface area contributed by atoms with Crippen molar-refractivity contribution in [3.05, 3.63) is 40.5 Å². The van der Waals surface area contributed by atoms with Gasteiger partial charge in [0.15, 0.2) is 0 Å². The highest BCUT2D eigenvalue weighted by Gasteiger charge is 2.16. The predicted octanol–water partition coefficient (Wildman–Crippen LogP) is 3.59. The van der Waals surface area contributed by atoms with E-state index in [0.717, 1.165) is 16.7 Å². The van der Waals surface area contributed by atoms with Gasteiger partial charge in [-0.3, -0.25) is 0 Å². The fourth-order valence-electron chi connectivity index (χ4n) is 2.85. The van der Waals surface area contributed by atoms with Crippen molar-refractivity contribution in [1.29, 1.82) is 0 Å². The Morgan fingerprint density at radius 2 is 1.83 bits per heavy atom. The Hall–Kier alpha value is -2.68. The summed E-state index contributed by atoms with van der Waals surface area (Å²) in [7, 11) is 0. The van der Waals surface area contributed by atoms with Gasteiger partial charge in [-0.1, -0.05) is 16.8 Å². The lowest BCUT2D eigenvalue weighted by atomic mass is 10.1. The first-order valence-corrected chi connectivity index (χ1v) is 9.86. The molecular formula is C21H24ClN3O5. The number of aliphatic hydroxyl groups excluding tert-OH is 2. The van der Waals surface area contributed by atoms with Crippen molar-refractivity contribution in [2.75, 3.05) is 13.2 Å². The molecule has 30 heavy (non-hydrogen) atoms. The molecule has 0 aliphatic carbocycles. The quantitative estimate of drug-likeness (QED) is 0.554. The van der Waals surface area contributed by atoms with E-state index < -0.39 is 6.10 Å². The summed E-state index contributed by atoms with van der Waals surface area (Å²) in [5.41, 5.74) is 3.04. The lowest BCUT2D eigenvalue weighted by molar-refractivity contribution is 0.0532. The number of rotatable bonds is 8. The van der Waals surface area contributed by atoms with Crippen molar-refractivity contribution >= 4 is 11.6 Å². The van der Waals surface area contributed by atoms with Crippen LogP contribution in [0.5, 0.6) is 11.6 Å². The Morgan fingerprint density at radius 3 is 2.43 bits per heavy atom. The van der Waals surface area contributed by atoms with Gasteiger partial charge in [-0.15, -0.1) is 0 Å². The number of hydrogen-bond donors (Lipinski definition) is 2. The fourth-order valence-corrected chi connectivity index (χ4v) is 3.06. The summed E-state index contributed by atoms with van der Waals surface area (Å²) in [4.78, 5) is 8.67. The maximum absolute atomic E-state index is 9.49. The van der Waals surface area contributed by atoms with Crippen molar-refractivity contribution in [2.45, 2.75) is 39.9 Å². The van der Waals surface area contributed by atoms with E-state index in [4.69, 9.17) is 30.7 Å². The third-order valence-electron chi connectivity index (χ3n) is 4.18. The lowest BCUT2D eigenvalue weighted by Crippen LogP contribution is -2.21. The first-order chi connectivity index (χ1) is 14.3. The summed E-state index contributed by atoms with van der Waals surface area (Å²) in [6.45, 7) is 7.21. The van der Waals surface area contributed by atoms with E-state index in [1.165, 1.54) is 0 Å². The predicted molar refractivity (Wildman–Crippen MR) is 112 cm³/mol. The van der Waals surface area contributed by atoms with Crippen molar-refractivity contribution in [3.8, 4) is 34.5 Å². The minimum Gasteiger partial charge on any atom is -0.490 e. The van der Waals surface area contributed by atoms with Crippen LogP contribution < -0.4 is 9.47 Å². The molecule has 0 aliphatic rings. The van der Waals surface area contributed by atoms with E-state index in [9.17, 15) is 5.11 Å². The Balaban J connectivity index is 1.83. The van der Waals surface area contributed by atoms with E-state index in [2.05, 4.69) is 15.1 Å². The summed E-state index contributed by atoms with van der Waals surface area (Å²) in [5, 5.41) is 22.8. The molecule has 9 heteroatoms. The lowest BCUT2D eigenvalue weighted by Gasteiger charge is -2.15. The van der Waals surface area contributed by atoms with Crippen molar-refractivity contribution < 1.29 is 24.2 Å². The molecule has 0 radical (unpaired) electrons. The molecular weight excluding hydrogens is 410 g/mol. The van der Waals surface area contributed by atoms with Crippen molar-refractivity contribution in [2.24, 2.45) is 0 Å². The molecule has 0 spiro atoms. The molecule has 1 aromatic carbocycles. The average molecular weight is 434 g/mol. The molecule has 2 aromatic heterocycles. The normalized spacial score (nSPS) is 12.3. The van der Waals surface area contributed by atoms with Crippen molar-refractivity contribution in [3.63, 3.8) is 0 Å². The number of aliphatic hydroxyl groups is 2. The second-order valence-corrected chi connectivity index (χ2v) is 7.59. The van der Waals surface area contributed by atoms with E-state index in [1.54, 1.807) is 12.3 Å². The highest BCUT2D eigenvalue weighted by atomic mass is 35.5. The zero-order valence-corrected chi connectivity index (χ0v) is 18.0. The van der Waals surface area contributed by atoms with Crippen LogP contribution in [0, 0.1) is 13.8 Å². The highest BCUT2D eigenvalue weighted by molar-refractivity contribution is 6.32. The molecule has 0 fully saturated rings. The number of benzene rings is 1. The maximum atomic E-state index is 9.49. The minimum absolute atomic E-state index is 0.00810. The number of pyridine rings is 1. The summed E-state index contributed by atoms with van der Waals surface area (Å²) in [5.74, 6) is 1.70. The summed E-state index contributed by atoms with van der Waals surface area (Å²) in [6, 6.07) is 5.41. The largest absolute Gasteiger partial charge is 0.490 e. The third kappa shape index (κ3) is 5.08. The van der Waals surface area contributed by atoms with Gasteiger partial charge in [0.2, 0.25) is 11.7 Å². The van der Waals surface area contributed by atoms with Gasteiger partial charge in [-0.25, -0.2) is 4.98 Å². The smallest absolute Gasteiger partial charge is 0.259 e. The van der Waals surface area contributed by atoms with E-state index in [1.807, 2.05) is 39.8 Å². The molecule has 0 saturated carbocycles. The molecule has 0 saturated heterocycles. The maximum Gasteiger partial charge on any atom is 0.259 e. The number of ether oxygens (including phenoxy) is 2. The van der Waals surface area contributed by atoms with Gasteiger partial charge in [0.05, 0.1) is 18.3 Å². The molecule has 2 heterocycles. The van der Waals surface area contributed by atoms with Crippen LogP contribution in [0.15, 0.2) is 28.9 Å². The SMILES string of the molecule is Cc1cc(-c2noc(-c3cnc(OC(C)C)c(Cl)c3)n2)cc(C)c1OC[C@H](O)CO. The molecule has 3 rings (SSSR count). The molecule has 0 bridgehead atoms. The first kappa shape index (κ1) is 22.0. The highest BCUT2D eigenvalue weighted by Crippen LogP contribution is 2.32. The Kier molecular flexibility index (Phi) is 6.91. The average Bonchev–Trinajstić information content (AvgIpc) is 3.18. The van der Waals surface area contributed by atoms with E-state index in [-0.39, 0.29) is 25.2 Å². The molecule has 0 unspecified atom stereocenters. The van der Waals surface area contributed by atoms with Gasteiger partial charge in [-0.05, 0) is 57.0 Å². The molecule has 8 nitrogen and oxygen atoms in total. The number of nitrogens with zero attached hydrogens (tertiary/aromatic N) is 3. The topological polar surface area (TPSA) is 111 Å². The molecule has 1 atom stereocenters.